The van der Waals surface area contributed by atoms with Crippen molar-refractivity contribution in [3.63, 3.8) is 0 Å². The minimum Gasteiger partial charge on any atom is -0.352 e. The Morgan fingerprint density at radius 2 is 1.71 bits per heavy atom. The van der Waals surface area contributed by atoms with Gasteiger partial charge in [-0.1, -0.05) is 49.6 Å². The SMILES string of the molecule is CC(C(=O)NC1CCCCC1)N1CCN(C(=O)CCCc2ccccc2)CC1. The van der Waals surface area contributed by atoms with Crippen molar-refractivity contribution >= 4 is 11.8 Å². The van der Waals surface area contributed by atoms with Gasteiger partial charge in [0.15, 0.2) is 0 Å². The van der Waals surface area contributed by atoms with Gasteiger partial charge < -0.3 is 10.2 Å². The third-order valence-corrected chi connectivity index (χ3v) is 6.24. The number of amides is 2. The quantitative estimate of drug-likeness (QED) is 0.785. The molecule has 5 nitrogen and oxygen atoms in total. The fourth-order valence-corrected chi connectivity index (χ4v) is 4.34. The van der Waals surface area contributed by atoms with Gasteiger partial charge in [0.1, 0.15) is 0 Å². The van der Waals surface area contributed by atoms with Crippen molar-refractivity contribution in [1.82, 2.24) is 15.1 Å². The normalized spacial score (nSPS) is 20.0. The van der Waals surface area contributed by atoms with Crippen LogP contribution in [-0.2, 0) is 16.0 Å². The summed E-state index contributed by atoms with van der Waals surface area (Å²) in [6.07, 6.45) is 8.42. The molecule has 1 atom stereocenters. The molecule has 1 aromatic carbocycles. The fourth-order valence-electron chi connectivity index (χ4n) is 4.34. The van der Waals surface area contributed by atoms with Gasteiger partial charge in [-0.15, -0.1) is 0 Å². The summed E-state index contributed by atoms with van der Waals surface area (Å²) in [4.78, 5) is 29.2. The molecular weight excluding hydrogens is 350 g/mol. The zero-order valence-electron chi connectivity index (χ0n) is 17.2. The Bertz CT molecular complexity index is 620. The summed E-state index contributed by atoms with van der Waals surface area (Å²) < 4.78 is 0. The van der Waals surface area contributed by atoms with Crippen molar-refractivity contribution in [2.45, 2.75) is 70.4 Å². The van der Waals surface area contributed by atoms with Crippen LogP contribution in [0.2, 0.25) is 0 Å². The average Bonchev–Trinajstić information content (AvgIpc) is 2.74. The first kappa shape index (κ1) is 20.8. The molecule has 154 valence electrons. The highest BCUT2D eigenvalue weighted by Gasteiger charge is 2.28. The number of rotatable bonds is 7. The Labute approximate surface area is 169 Å². The highest BCUT2D eigenvalue weighted by Crippen LogP contribution is 2.18. The van der Waals surface area contributed by atoms with Crippen molar-refractivity contribution in [3.8, 4) is 0 Å². The number of hydrogen-bond donors (Lipinski definition) is 1. The zero-order valence-corrected chi connectivity index (χ0v) is 17.2. The van der Waals surface area contributed by atoms with Crippen LogP contribution >= 0.6 is 0 Å². The Kier molecular flexibility index (Phi) is 7.90. The van der Waals surface area contributed by atoms with Gasteiger partial charge in [-0.25, -0.2) is 0 Å². The molecule has 1 aliphatic carbocycles. The predicted molar refractivity (Wildman–Crippen MR) is 112 cm³/mol. The maximum Gasteiger partial charge on any atom is 0.237 e. The maximum atomic E-state index is 12.6. The highest BCUT2D eigenvalue weighted by molar-refractivity contribution is 5.81. The molecule has 3 rings (SSSR count). The van der Waals surface area contributed by atoms with Gasteiger partial charge in [-0.3, -0.25) is 14.5 Å². The molecule has 1 N–H and O–H groups in total. The summed E-state index contributed by atoms with van der Waals surface area (Å²) in [5.74, 6) is 0.393. The molecular formula is C23H35N3O2. The first-order valence-corrected chi connectivity index (χ1v) is 11.0. The molecule has 1 aliphatic heterocycles. The van der Waals surface area contributed by atoms with Gasteiger partial charge in [0.2, 0.25) is 11.8 Å². The van der Waals surface area contributed by atoms with E-state index in [2.05, 4.69) is 22.3 Å². The second kappa shape index (κ2) is 10.6. The average molecular weight is 386 g/mol. The third kappa shape index (κ3) is 6.06. The van der Waals surface area contributed by atoms with E-state index in [4.69, 9.17) is 0 Å². The van der Waals surface area contributed by atoms with Crippen molar-refractivity contribution < 1.29 is 9.59 Å². The molecule has 28 heavy (non-hydrogen) atoms. The second-order valence-electron chi connectivity index (χ2n) is 8.28. The van der Waals surface area contributed by atoms with Crippen molar-refractivity contribution in [3.05, 3.63) is 35.9 Å². The van der Waals surface area contributed by atoms with E-state index in [0.717, 1.165) is 51.9 Å². The van der Waals surface area contributed by atoms with Gasteiger partial charge in [0, 0.05) is 38.6 Å². The van der Waals surface area contributed by atoms with E-state index in [9.17, 15) is 9.59 Å². The summed E-state index contributed by atoms with van der Waals surface area (Å²) in [6.45, 7) is 5.01. The summed E-state index contributed by atoms with van der Waals surface area (Å²) >= 11 is 0. The largest absolute Gasteiger partial charge is 0.352 e. The number of aryl methyl sites for hydroxylation is 1. The van der Waals surface area contributed by atoms with Crippen molar-refractivity contribution in [1.29, 1.82) is 0 Å². The fraction of sp³-hybridized carbons (Fsp3) is 0.652. The number of nitrogens with one attached hydrogen (secondary N) is 1. The molecule has 1 saturated heterocycles. The molecule has 2 aliphatic rings. The maximum absolute atomic E-state index is 12.6. The molecule has 1 unspecified atom stereocenters. The van der Waals surface area contributed by atoms with E-state index in [1.165, 1.54) is 24.8 Å². The standard InChI is InChI=1S/C23H35N3O2/c1-19(23(28)24-21-12-6-3-7-13-21)25-15-17-26(18-16-25)22(27)14-8-11-20-9-4-2-5-10-20/h2,4-5,9-10,19,21H,3,6-8,11-18H2,1H3,(H,24,28). The highest BCUT2D eigenvalue weighted by atomic mass is 16.2. The van der Waals surface area contributed by atoms with Crippen LogP contribution in [0.5, 0.6) is 0 Å². The van der Waals surface area contributed by atoms with Crippen molar-refractivity contribution in [2.75, 3.05) is 26.2 Å². The van der Waals surface area contributed by atoms with E-state index in [1.807, 2.05) is 30.0 Å². The van der Waals surface area contributed by atoms with Crippen LogP contribution in [0.25, 0.3) is 0 Å². The first-order valence-electron chi connectivity index (χ1n) is 11.0. The van der Waals surface area contributed by atoms with Gasteiger partial charge in [0.25, 0.3) is 0 Å². The van der Waals surface area contributed by atoms with E-state index in [0.29, 0.717) is 12.5 Å². The lowest BCUT2D eigenvalue weighted by atomic mass is 9.95. The topological polar surface area (TPSA) is 52.7 Å². The summed E-state index contributed by atoms with van der Waals surface area (Å²) in [6, 6.07) is 10.6. The van der Waals surface area contributed by atoms with E-state index in [1.54, 1.807) is 0 Å². The lowest BCUT2D eigenvalue weighted by Gasteiger charge is -2.38. The zero-order chi connectivity index (χ0) is 19.8. The number of carbonyl (C=O) groups is 2. The summed E-state index contributed by atoms with van der Waals surface area (Å²) in [7, 11) is 0. The van der Waals surface area contributed by atoms with Crippen LogP contribution in [-0.4, -0.2) is 59.9 Å². The minimum atomic E-state index is -0.114. The first-order chi connectivity index (χ1) is 13.6. The predicted octanol–water partition coefficient (Wildman–Crippen LogP) is 2.99. The molecule has 0 bridgehead atoms. The molecule has 1 saturated carbocycles. The monoisotopic (exact) mass is 385 g/mol. The Hall–Kier alpha value is -1.88. The molecule has 1 aromatic rings. The summed E-state index contributed by atoms with van der Waals surface area (Å²) in [5, 5.41) is 3.23. The second-order valence-corrected chi connectivity index (χ2v) is 8.28. The Morgan fingerprint density at radius 1 is 1.04 bits per heavy atom. The van der Waals surface area contributed by atoms with Crippen LogP contribution in [0.3, 0.4) is 0 Å². The van der Waals surface area contributed by atoms with Gasteiger partial charge in [-0.05, 0) is 38.2 Å². The third-order valence-electron chi connectivity index (χ3n) is 6.24. The van der Waals surface area contributed by atoms with Crippen LogP contribution in [0.4, 0.5) is 0 Å². The van der Waals surface area contributed by atoms with Crippen LogP contribution in [0.15, 0.2) is 30.3 Å². The lowest BCUT2D eigenvalue weighted by Crippen LogP contribution is -2.56. The number of nitrogens with zero attached hydrogens (tertiary/aromatic N) is 2. The number of carbonyl (C=O) groups excluding carboxylic acids is 2. The number of hydrogen-bond acceptors (Lipinski definition) is 3. The van der Waals surface area contributed by atoms with Gasteiger partial charge in [-0.2, -0.15) is 0 Å². The molecule has 2 fully saturated rings. The molecule has 0 spiro atoms. The number of piperazine rings is 1. The van der Waals surface area contributed by atoms with Crippen LogP contribution in [0.1, 0.15) is 57.4 Å². The molecule has 2 amide bonds. The van der Waals surface area contributed by atoms with E-state index < -0.39 is 0 Å². The number of benzene rings is 1. The lowest BCUT2D eigenvalue weighted by molar-refractivity contribution is -0.134. The van der Waals surface area contributed by atoms with E-state index >= 15 is 0 Å². The summed E-state index contributed by atoms with van der Waals surface area (Å²) in [5.41, 5.74) is 1.29. The Balaban J connectivity index is 1.35. The van der Waals surface area contributed by atoms with Crippen LogP contribution in [0, 0.1) is 0 Å². The molecule has 0 radical (unpaired) electrons. The van der Waals surface area contributed by atoms with E-state index in [-0.39, 0.29) is 17.9 Å². The molecule has 5 heteroatoms. The van der Waals surface area contributed by atoms with Crippen LogP contribution < -0.4 is 5.32 Å². The van der Waals surface area contributed by atoms with Gasteiger partial charge in [0.05, 0.1) is 6.04 Å². The molecule has 1 heterocycles. The Morgan fingerprint density at radius 3 is 2.39 bits per heavy atom. The minimum absolute atomic E-state index is 0.114. The van der Waals surface area contributed by atoms with Gasteiger partial charge >= 0.3 is 0 Å². The van der Waals surface area contributed by atoms with Crippen molar-refractivity contribution in [2.24, 2.45) is 0 Å². The smallest absolute Gasteiger partial charge is 0.237 e. The molecule has 0 aromatic heterocycles.